The molecular weight excluding hydrogens is 373 g/mol. The number of carbonyl (C=O) groups excluding carboxylic acids is 3. The molecule has 10 heteroatoms. The Balaban J connectivity index is 1.47. The summed E-state index contributed by atoms with van der Waals surface area (Å²) >= 11 is 0. The molecule has 7 rings (SSSR count). The zero-order valence-electron chi connectivity index (χ0n) is 13.9. The van der Waals surface area contributed by atoms with Crippen LogP contribution in [0.2, 0.25) is 0 Å². The highest BCUT2D eigenvalue weighted by molar-refractivity contribution is 5.90. The van der Waals surface area contributed by atoms with Gasteiger partial charge in [0.1, 0.15) is 23.9 Å². The standard InChI is InChI=1S/C17H15F3O7/c18-17(19,20)14(23)27-9-3-15-4-24-16(9)11(8-2-6(22)13(16)26-8)10(15)7-1-5(21)12(15)25-7/h7-13H,1-4H2/t7-,8-,9+,10+,11+,12+,13+,15+,16-/m0/s1. The highest BCUT2D eigenvalue weighted by Crippen LogP contribution is 2.71. The quantitative estimate of drug-likeness (QED) is 0.599. The molecule has 0 unspecified atom stereocenters. The summed E-state index contributed by atoms with van der Waals surface area (Å²) in [6.07, 6.45) is -8.76. The van der Waals surface area contributed by atoms with Gasteiger partial charge in [-0.25, -0.2) is 4.79 Å². The van der Waals surface area contributed by atoms with Crippen LogP contribution in [0.3, 0.4) is 0 Å². The molecule has 6 bridgehead atoms. The lowest BCUT2D eigenvalue weighted by molar-refractivity contribution is -0.301. The number of Topliss-reactive ketones (excluding diaryl/α,β-unsaturated/α-hetero) is 2. The second kappa shape index (κ2) is 4.55. The van der Waals surface area contributed by atoms with Crippen LogP contribution < -0.4 is 0 Å². The van der Waals surface area contributed by atoms with Crippen LogP contribution in [0.5, 0.6) is 0 Å². The van der Waals surface area contributed by atoms with Gasteiger partial charge in [-0.15, -0.1) is 0 Å². The fourth-order valence-corrected chi connectivity index (χ4v) is 6.77. The average Bonchev–Trinajstić information content (AvgIpc) is 3.30. The maximum Gasteiger partial charge on any atom is 0.490 e. The van der Waals surface area contributed by atoms with Gasteiger partial charge in [-0.05, 0) is 6.42 Å². The Hall–Kier alpha value is -1.52. The molecule has 0 aromatic carbocycles. The summed E-state index contributed by atoms with van der Waals surface area (Å²) in [4.78, 5) is 36.2. The molecule has 7 aliphatic rings. The second-order valence-electron chi connectivity index (χ2n) is 8.47. The first-order valence-electron chi connectivity index (χ1n) is 8.96. The molecule has 7 nitrogen and oxygen atoms in total. The Morgan fingerprint density at radius 3 is 2.37 bits per heavy atom. The Morgan fingerprint density at radius 2 is 1.67 bits per heavy atom. The Morgan fingerprint density at radius 1 is 1.04 bits per heavy atom. The summed E-state index contributed by atoms with van der Waals surface area (Å²) in [6, 6.07) is 0. The molecule has 6 saturated heterocycles. The second-order valence-corrected chi connectivity index (χ2v) is 8.47. The lowest BCUT2D eigenvalue weighted by Gasteiger charge is -2.63. The number of fused-ring (bicyclic) bond motifs is 6. The van der Waals surface area contributed by atoms with Crippen molar-refractivity contribution in [3.8, 4) is 0 Å². The summed E-state index contributed by atoms with van der Waals surface area (Å²) in [5, 5.41) is 0. The van der Waals surface area contributed by atoms with Crippen molar-refractivity contribution in [1.82, 2.24) is 0 Å². The van der Waals surface area contributed by atoms with Crippen LogP contribution in [-0.2, 0) is 33.3 Å². The summed E-state index contributed by atoms with van der Waals surface area (Å²) < 4.78 is 61.1. The van der Waals surface area contributed by atoms with Gasteiger partial charge >= 0.3 is 12.1 Å². The van der Waals surface area contributed by atoms with Crippen LogP contribution in [0.15, 0.2) is 0 Å². The van der Waals surface area contributed by atoms with Crippen molar-refractivity contribution >= 4 is 17.5 Å². The van der Waals surface area contributed by atoms with Gasteiger partial charge < -0.3 is 18.9 Å². The number of hydrogen-bond donors (Lipinski definition) is 0. The van der Waals surface area contributed by atoms with E-state index in [0.717, 1.165) is 0 Å². The number of carbonyl (C=O) groups is 3. The number of ketones is 2. The van der Waals surface area contributed by atoms with Crippen molar-refractivity contribution in [3.05, 3.63) is 0 Å². The van der Waals surface area contributed by atoms with Crippen LogP contribution in [-0.4, -0.2) is 66.4 Å². The molecule has 0 amide bonds. The molecule has 9 atom stereocenters. The minimum atomic E-state index is -5.16. The number of halogens is 3. The molecule has 0 N–H and O–H groups in total. The fourth-order valence-electron chi connectivity index (χ4n) is 6.77. The van der Waals surface area contributed by atoms with E-state index < -0.39 is 53.5 Å². The van der Waals surface area contributed by atoms with Gasteiger partial charge in [-0.3, -0.25) is 9.59 Å². The molecule has 1 aliphatic carbocycles. The first-order valence-corrected chi connectivity index (χ1v) is 8.96. The topological polar surface area (TPSA) is 88.1 Å². The SMILES string of the molecule is O=C1C[C@@H]2O[C@H]1[C@]13CO[C@]4([C@@H]([C@@H]21)[C@@H]1CC(=O)[C@H]4O1)[C@H](OC(=O)C(F)(F)F)C3. The summed E-state index contributed by atoms with van der Waals surface area (Å²) in [5.74, 6) is -3.26. The Labute approximate surface area is 150 Å². The maximum absolute atomic E-state index is 12.8. The monoisotopic (exact) mass is 388 g/mol. The molecule has 27 heavy (non-hydrogen) atoms. The first-order chi connectivity index (χ1) is 12.7. The number of rotatable bonds is 1. The minimum absolute atomic E-state index is 0.00273. The number of alkyl halides is 3. The zero-order valence-corrected chi connectivity index (χ0v) is 13.9. The van der Waals surface area contributed by atoms with Crippen molar-refractivity contribution < 1.29 is 46.5 Å². The third-order valence-corrected chi connectivity index (χ3v) is 7.46. The van der Waals surface area contributed by atoms with E-state index in [1.165, 1.54) is 0 Å². The predicted molar refractivity (Wildman–Crippen MR) is 75.2 cm³/mol. The third-order valence-electron chi connectivity index (χ3n) is 7.46. The van der Waals surface area contributed by atoms with Crippen molar-refractivity contribution in [3.63, 3.8) is 0 Å². The zero-order chi connectivity index (χ0) is 18.9. The van der Waals surface area contributed by atoms with Gasteiger partial charge in [0.15, 0.2) is 11.6 Å². The van der Waals surface area contributed by atoms with Crippen LogP contribution in [0.25, 0.3) is 0 Å². The van der Waals surface area contributed by atoms with E-state index in [-0.39, 0.29) is 49.5 Å². The van der Waals surface area contributed by atoms with Crippen LogP contribution in [0.4, 0.5) is 13.2 Å². The van der Waals surface area contributed by atoms with Crippen LogP contribution in [0.1, 0.15) is 19.3 Å². The molecule has 0 aromatic heterocycles. The minimum Gasteiger partial charge on any atom is -0.452 e. The number of ether oxygens (including phenoxy) is 4. The largest absolute Gasteiger partial charge is 0.490 e. The molecule has 0 aromatic rings. The normalized spacial score (nSPS) is 54.4. The molecule has 6 aliphatic heterocycles. The smallest absolute Gasteiger partial charge is 0.452 e. The first kappa shape index (κ1) is 16.4. The lowest BCUT2D eigenvalue weighted by Crippen LogP contribution is -2.76. The van der Waals surface area contributed by atoms with E-state index in [1.807, 2.05) is 0 Å². The van der Waals surface area contributed by atoms with Crippen molar-refractivity contribution in [2.45, 2.75) is 61.6 Å². The van der Waals surface area contributed by atoms with Gasteiger partial charge in [-0.2, -0.15) is 13.2 Å². The van der Waals surface area contributed by atoms with Crippen molar-refractivity contribution in [1.29, 1.82) is 0 Å². The summed E-state index contributed by atoms with van der Waals surface area (Å²) in [6.45, 7) is 0.0843. The highest BCUT2D eigenvalue weighted by atomic mass is 19.4. The molecule has 0 radical (unpaired) electrons. The maximum atomic E-state index is 12.8. The average molecular weight is 388 g/mol. The molecular formula is C17H15F3O7. The van der Waals surface area contributed by atoms with E-state index in [4.69, 9.17) is 18.9 Å². The van der Waals surface area contributed by atoms with Gasteiger partial charge in [0.25, 0.3) is 0 Å². The molecule has 7 fully saturated rings. The van der Waals surface area contributed by atoms with Gasteiger partial charge in [0.05, 0.1) is 18.8 Å². The van der Waals surface area contributed by atoms with Crippen molar-refractivity contribution in [2.24, 2.45) is 17.3 Å². The summed E-state index contributed by atoms with van der Waals surface area (Å²) in [7, 11) is 0. The Kier molecular flexibility index (Phi) is 2.77. The van der Waals surface area contributed by atoms with Gasteiger partial charge in [0, 0.05) is 30.1 Å². The predicted octanol–water partition coefficient (Wildman–Crippen LogP) is 0.332. The number of esters is 1. The fraction of sp³-hybridized carbons (Fsp3) is 0.824. The summed E-state index contributed by atoms with van der Waals surface area (Å²) in [5.41, 5.74) is -2.26. The van der Waals surface area contributed by atoms with Crippen LogP contribution >= 0.6 is 0 Å². The van der Waals surface area contributed by atoms with Crippen LogP contribution in [0, 0.1) is 17.3 Å². The van der Waals surface area contributed by atoms with E-state index >= 15 is 0 Å². The molecule has 146 valence electrons. The van der Waals surface area contributed by atoms with E-state index in [9.17, 15) is 27.6 Å². The lowest BCUT2D eigenvalue weighted by atomic mass is 9.46. The highest BCUT2D eigenvalue weighted by Gasteiger charge is 2.84. The number of hydrogen-bond acceptors (Lipinski definition) is 7. The molecule has 6 heterocycles. The van der Waals surface area contributed by atoms with E-state index in [2.05, 4.69) is 0 Å². The Bertz CT molecular complexity index is 796. The van der Waals surface area contributed by atoms with Gasteiger partial charge in [-0.1, -0.05) is 0 Å². The van der Waals surface area contributed by atoms with Gasteiger partial charge in [0.2, 0.25) is 0 Å². The van der Waals surface area contributed by atoms with E-state index in [0.29, 0.717) is 0 Å². The third kappa shape index (κ3) is 1.65. The molecule has 2 spiro atoms. The van der Waals surface area contributed by atoms with E-state index in [1.54, 1.807) is 0 Å². The van der Waals surface area contributed by atoms with Crippen molar-refractivity contribution in [2.75, 3.05) is 6.61 Å². The molecule has 1 saturated carbocycles.